The van der Waals surface area contributed by atoms with E-state index < -0.39 is 43.7 Å². The van der Waals surface area contributed by atoms with Crippen LogP contribution in [-0.4, -0.2) is 59.8 Å². The van der Waals surface area contributed by atoms with E-state index >= 15 is 0 Å². The van der Waals surface area contributed by atoms with E-state index in [0.29, 0.717) is 16.7 Å². The molecule has 2 unspecified atom stereocenters. The summed E-state index contributed by atoms with van der Waals surface area (Å²) in [6.07, 6.45) is -0.327. The highest BCUT2D eigenvalue weighted by Gasteiger charge is 2.28. The fourth-order valence-electron chi connectivity index (χ4n) is 4.17. The number of hydrogen-bond acceptors (Lipinski definition) is 7. The topological polar surface area (TPSA) is 139 Å². The van der Waals surface area contributed by atoms with Gasteiger partial charge in [0.15, 0.2) is 0 Å². The van der Waals surface area contributed by atoms with Crippen LogP contribution in [0.4, 0.5) is 0 Å². The zero-order valence-electron chi connectivity index (χ0n) is 24.0. The Labute approximate surface area is 232 Å². The Bertz CT molecular complexity index is 1330. The van der Waals surface area contributed by atoms with Crippen molar-refractivity contribution in [2.45, 2.75) is 83.3 Å². The third-order valence-electron chi connectivity index (χ3n) is 6.11. The van der Waals surface area contributed by atoms with Gasteiger partial charge in [0, 0.05) is 29.8 Å². The van der Waals surface area contributed by atoms with Gasteiger partial charge in [0.05, 0.1) is 17.1 Å². The summed E-state index contributed by atoms with van der Waals surface area (Å²) in [5, 5.41) is 40.2. The van der Waals surface area contributed by atoms with Crippen LogP contribution in [0.15, 0.2) is 46.2 Å². The highest BCUT2D eigenvalue weighted by atomic mass is 32.2. The zero-order chi connectivity index (χ0) is 29.9. The third kappa shape index (κ3) is 7.91. The van der Waals surface area contributed by atoms with E-state index in [4.69, 9.17) is 0 Å². The summed E-state index contributed by atoms with van der Waals surface area (Å²) in [7, 11) is -4.22. The Balaban J connectivity index is 2.54. The number of sulfone groups is 1. The molecule has 0 aliphatic heterocycles. The van der Waals surface area contributed by atoms with Crippen LogP contribution in [-0.2, 0) is 20.7 Å². The van der Waals surface area contributed by atoms with E-state index in [0.717, 1.165) is 0 Å². The number of nitriles is 1. The van der Waals surface area contributed by atoms with Crippen LogP contribution in [0.5, 0.6) is 5.75 Å². The van der Waals surface area contributed by atoms with Gasteiger partial charge in [0.2, 0.25) is 9.84 Å². The van der Waals surface area contributed by atoms with Gasteiger partial charge in [-0.15, -0.1) is 0 Å². The first kappa shape index (κ1) is 32.0. The fraction of sp³-hybridized carbons (Fsp3) is 0.467. The number of benzene rings is 2. The van der Waals surface area contributed by atoms with Gasteiger partial charge in [-0.25, -0.2) is 8.42 Å². The average molecular weight is 557 g/mol. The first-order valence-corrected chi connectivity index (χ1v) is 14.3. The molecule has 212 valence electrons. The summed E-state index contributed by atoms with van der Waals surface area (Å²) >= 11 is 0. The quantitative estimate of drug-likeness (QED) is 0.406. The normalized spacial score (nSPS) is 14.4. The molecule has 8 nitrogen and oxygen atoms in total. The molecule has 0 aromatic heterocycles. The summed E-state index contributed by atoms with van der Waals surface area (Å²) in [6.45, 7) is 14.7. The number of carbonyl (C=O) groups is 1. The fourth-order valence-corrected chi connectivity index (χ4v) is 5.33. The molecule has 0 radical (unpaired) electrons. The lowest BCUT2D eigenvalue weighted by Crippen LogP contribution is -2.40. The van der Waals surface area contributed by atoms with Gasteiger partial charge in [0.25, 0.3) is 5.91 Å². The van der Waals surface area contributed by atoms with E-state index in [2.05, 4.69) is 0 Å². The van der Waals surface area contributed by atoms with E-state index in [1.807, 2.05) is 41.5 Å². The lowest BCUT2D eigenvalue weighted by atomic mass is 9.78. The molecule has 0 heterocycles. The Hall–Kier alpha value is -3.19. The van der Waals surface area contributed by atoms with Crippen LogP contribution in [0.1, 0.15) is 82.4 Å². The second kappa shape index (κ2) is 11.9. The number of nitrogens with zero attached hydrogens (tertiary/aromatic N) is 2. The number of aliphatic hydroxyl groups is 2. The first-order valence-electron chi connectivity index (χ1n) is 12.8. The molecular weight excluding hydrogens is 516 g/mol. The third-order valence-corrected chi connectivity index (χ3v) is 7.79. The number of phenolic OH excluding ortho intramolecular Hbond substituents is 1. The van der Waals surface area contributed by atoms with Crippen LogP contribution in [0.2, 0.25) is 0 Å². The number of phenols is 1. The van der Waals surface area contributed by atoms with Crippen LogP contribution in [0.3, 0.4) is 0 Å². The number of aliphatic hydroxyl groups excluding tert-OH is 2. The molecule has 2 atom stereocenters. The van der Waals surface area contributed by atoms with E-state index in [9.17, 15) is 33.8 Å². The summed E-state index contributed by atoms with van der Waals surface area (Å²) in [5.74, 6) is -0.320. The van der Waals surface area contributed by atoms with Crippen LogP contribution < -0.4 is 0 Å². The Morgan fingerprint density at radius 2 is 1.38 bits per heavy atom. The van der Waals surface area contributed by atoms with Crippen molar-refractivity contribution < 1.29 is 28.5 Å². The monoisotopic (exact) mass is 556 g/mol. The molecule has 9 heteroatoms. The lowest BCUT2D eigenvalue weighted by Gasteiger charge is -2.28. The molecule has 2 aromatic rings. The number of allylic oxidation sites excluding steroid dienone is 1. The first-order chi connectivity index (χ1) is 17.8. The molecule has 0 aliphatic rings. The minimum absolute atomic E-state index is 0.00480. The molecule has 0 fully saturated rings. The molecule has 0 saturated heterocycles. The lowest BCUT2D eigenvalue weighted by molar-refractivity contribution is 0.0518. The van der Waals surface area contributed by atoms with Crippen molar-refractivity contribution in [2.75, 3.05) is 13.1 Å². The maximum absolute atomic E-state index is 13.4. The van der Waals surface area contributed by atoms with Gasteiger partial charge in [-0.2, -0.15) is 5.26 Å². The molecule has 0 spiro atoms. The van der Waals surface area contributed by atoms with Crippen molar-refractivity contribution in [3.8, 4) is 11.8 Å². The molecule has 2 aromatic carbocycles. The second-order valence-electron chi connectivity index (χ2n) is 12.0. The van der Waals surface area contributed by atoms with Gasteiger partial charge in [-0.1, -0.05) is 41.5 Å². The van der Waals surface area contributed by atoms with E-state index in [1.54, 1.807) is 18.2 Å². The van der Waals surface area contributed by atoms with Crippen molar-refractivity contribution in [1.82, 2.24) is 4.90 Å². The Morgan fingerprint density at radius 1 is 0.949 bits per heavy atom. The number of carbonyl (C=O) groups excluding carboxylic acids is 1. The number of hydrogen-bond donors (Lipinski definition) is 3. The SMILES string of the molecule is CC(O)CN(CC(C)O)C(=O)c1ccc(S(=O)(=O)/C(C#N)=C/c2cc(C(C)(C)C)c(O)c(C(C)(C)C)c2)cc1. The van der Waals surface area contributed by atoms with Crippen molar-refractivity contribution in [2.24, 2.45) is 0 Å². The largest absolute Gasteiger partial charge is 0.507 e. The van der Waals surface area contributed by atoms with Gasteiger partial charge >= 0.3 is 0 Å². The minimum atomic E-state index is -4.22. The molecule has 1 amide bonds. The predicted octanol–water partition coefficient (Wildman–Crippen LogP) is 4.53. The van der Waals surface area contributed by atoms with Crippen LogP contribution in [0.25, 0.3) is 6.08 Å². The Kier molecular flexibility index (Phi) is 9.78. The Morgan fingerprint density at radius 3 is 1.74 bits per heavy atom. The number of aromatic hydroxyl groups is 1. The van der Waals surface area contributed by atoms with Crippen LogP contribution in [0, 0.1) is 11.3 Å². The summed E-state index contributed by atoms with van der Waals surface area (Å²) in [6, 6.07) is 10.4. The van der Waals surface area contributed by atoms with Crippen molar-refractivity contribution >= 4 is 21.8 Å². The number of rotatable bonds is 8. The summed E-state index contributed by atoms with van der Waals surface area (Å²) in [4.78, 5) is 13.6. The molecule has 0 saturated carbocycles. The average Bonchev–Trinajstić information content (AvgIpc) is 2.80. The molecule has 0 bridgehead atoms. The van der Waals surface area contributed by atoms with E-state index in [-0.39, 0.29) is 29.3 Å². The van der Waals surface area contributed by atoms with Crippen molar-refractivity contribution in [3.63, 3.8) is 0 Å². The maximum Gasteiger partial charge on any atom is 0.254 e. The van der Waals surface area contributed by atoms with Gasteiger partial charge in [-0.3, -0.25) is 4.79 Å². The standard InChI is InChI=1S/C30H40N2O6S/c1-19(33)17-32(18-20(2)34)28(36)22-9-11-23(12-10-22)39(37,38)24(16-31)13-21-14-25(29(3,4)5)27(35)26(15-21)30(6,7)8/h9-15,19-20,33-35H,17-18H2,1-8H3/b24-13+. The van der Waals surface area contributed by atoms with Crippen molar-refractivity contribution in [3.05, 3.63) is 63.6 Å². The predicted molar refractivity (Wildman–Crippen MR) is 152 cm³/mol. The molecule has 0 aliphatic carbocycles. The van der Waals surface area contributed by atoms with Gasteiger partial charge in [-0.05, 0) is 72.7 Å². The summed E-state index contributed by atoms with van der Waals surface area (Å²) < 4.78 is 26.8. The summed E-state index contributed by atoms with van der Waals surface area (Å²) in [5.41, 5.74) is 1.06. The molecule has 39 heavy (non-hydrogen) atoms. The van der Waals surface area contributed by atoms with Gasteiger partial charge < -0.3 is 20.2 Å². The van der Waals surface area contributed by atoms with E-state index in [1.165, 1.54) is 49.1 Å². The molecule has 3 N–H and O–H groups in total. The smallest absolute Gasteiger partial charge is 0.254 e. The van der Waals surface area contributed by atoms with Gasteiger partial charge in [0.1, 0.15) is 16.7 Å². The number of amides is 1. The highest BCUT2D eigenvalue weighted by Crippen LogP contribution is 2.40. The minimum Gasteiger partial charge on any atom is -0.507 e. The van der Waals surface area contributed by atoms with Crippen LogP contribution >= 0.6 is 0 Å². The molecule has 2 rings (SSSR count). The highest BCUT2D eigenvalue weighted by molar-refractivity contribution is 7.95. The van der Waals surface area contributed by atoms with Crippen molar-refractivity contribution in [1.29, 1.82) is 5.26 Å². The second-order valence-corrected chi connectivity index (χ2v) is 13.9. The molecular formula is C30H40N2O6S. The zero-order valence-corrected chi connectivity index (χ0v) is 24.8. The maximum atomic E-state index is 13.4.